The summed E-state index contributed by atoms with van der Waals surface area (Å²) in [5, 5.41) is 9.03. The Morgan fingerprint density at radius 1 is 1.58 bits per heavy atom. The summed E-state index contributed by atoms with van der Waals surface area (Å²) in [4.78, 5) is 28.8. The topological polar surface area (TPSA) is 96.5 Å². The number of carbonyl (C=O) groups excluding carboxylic acids is 1. The third-order valence-corrected chi connectivity index (χ3v) is 3.52. The Labute approximate surface area is 111 Å². The van der Waals surface area contributed by atoms with Crippen LogP contribution in [0.2, 0.25) is 0 Å². The van der Waals surface area contributed by atoms with Crippen LogP contribution in [0.25, 0.3) is 0 Å². The van der Waals surface area contributed by atoms with Crippen LogP contribution in [-0.4, -0.2) is 45.5 Å². The molecule has 1 unspecified atom stereocenters. The molecule has 1 atom stereocenters. The molecule has 1 aliphatic heterocycles. The molecule has 1 aromatic heterocycles. The molecule has 0 aliphatic carbocycles. The Morgan fingerprint density at radius 3 is 2.89 bits per heavy atom. The lowest BCUT2D eigenvalue weighted by Gasteiger charge is -2.20. The van der Waals surface area contributed by atoms with Crippen LogP contribution in [0, 0.1) is 6.92 Å². The lowest BCUT2D eigenvalue weighted by atomic mass is 10.0. The van der Waals surface area contributed by atoms with Crippen molar-refractivity contribution in [1.29, 1.82) is 0 Å². The van der Waals surface area contributed by atoms with Crippen molar-refractivity contribution in [2.24, 2.45) is 5.73 Å². The van der Waals surface area contributed by atoms with Crippen LogP contribution < -0.4 is 5.73 Å². The lowest BCUT2D eigenvalue weighted by molar-refractivity contribution is -0.143. The van der Waals surface area contributed by atoms with Gasteiger partial charge in [0.2, 0.25) is 5.91 Å². The monoisotopic (exact) mass is 263 g/mol. The molecule has 1 saturated heterocycles. The van der Waals surface area contributed by atoms with E-state index in [4.69, 9.17) is 10.8 Å². The van der Waals surface area contributed by atoms with Crippen molar-refractivity contribution in [3.05, 3.63) is 29.6 Å². The Kier molecular flexibility index (Phi) is 3.53. The molecule has 19 heavy (non-hydrogen) atoms. The molecule has 6 heteroatoms. The minimum Gasteiger partial charge on any atom is -0.480 e. The van der Waals surface area contributed by atoms with Gasteiger partial charge in [0.1, 0.15) is 5.54 Å². The molecule has 6 nitrogen and oxygen atoms in total. The number of nitrogens with zero attached hydrogens (tertiary/aromatic N) is 2. The van der Waals surface area contributed by atoms with Crippen LogP contribution in [0.15, 0.2) is 18.3 Å². The van der Waals surface area contributed by atoms with E-state index < -0.39 is 11.5 Å². The molecule has 3 N–H and O–H groups in total. The van der Waals surface area contributed by atoms with Gasteiger partial charge in [-0.15, -0.1) is 0 Å². The zero-order chi connectivity index (χ0) is 14.0. The van der Waals surface area contributed by atoms with Crippen molar-refractivity contribution in [3.63, 3.8) is 0 Å². The summed E-state index contributed by atoms with van der Waals surface area (Å²) < 4.78 is 0. The zero-order valence-corrected chi connectivity index (χ0v) is 10.8. The van der Waals surface area contributed by atoms with E-state index in [1.54, 1.807) is 6.20 Å². The standard InChI is InChI=1S/C13H17N3O3/c1-9-3-2-5-15-10(9)7-11(17)16-6-4-13(14,8-16)12(18)19/h2-3,5H,4,6-8,14H2,1H3,(H,18,19). The molecule has 2 heterocycles. The van der Waals surface area contributed by atoms with Crippen LogP contribution in [0.1, 0.15) is 17.7 Å². The smallest absolute Gasteiger partial charge is 0.325 e. The van der Waals surface area contributed by atoms with Crippen molar-refractivity contribution < 1.29 is 14.7 Å². The first kappa shape index (κ1) is 13.5. The number of hydrogen-bond acceptors (Lipinski definition) is 4. The number of aryl methyl sites for hydroxylation is 1. The van der Waals surface area contributed by atoms with Gasteiger partial charge in [0, 0.05) is 19.3 Å². The van der Waals surface area contributed by atoms with Crippen molar-refractivity contribution in [2.45, 2.75) is 25.3 Å². The van der Waals surface area contributed by atoms with E-state index in [2.05, 4.69) is 4.98 Å². The number of nitrogens with two attached hydrogens (primary N) is 1. The van der Waals surface area contributed by atoms with Crippen LogP contribution in [0.5, 0.6) is 0 Å². The number of hydrogen-bond donors (Lipinski definition) is 2. The minimum absolute atomic E-state index is 0.0625. The molecule has 1 amide bonds. The van der Waals surface area contributed by atoms with Crippen LogP contribution >= 0.6 is 0 Å². The number of aromatic nitrogens is 1. The molecule has 102 valence electrons. The van der Waals surface area contributed by atoms with Gasteiger partial charge < -0.3 is 15.7 Å². The fourth-order valence-corrected chi connectivity index (χ4v) is 2.18. The molecule has 1 aliphatic rings. The maximum atomic E-state index is 12.1. The van der Waals surface area contributed by atoms with Gasteiger partial charge in [-0.1, -0.05) is 6.07 Å². The summed E-state index contributed by atoms with van der Waals surface area (Å²) in [6.45, 7) is 2.34. The van der Waals surface area contributed by atoms with Crippen LogP contribution in [-0.2, 0) is 16.0 Å². The molecule has 0 spiro atoms. The first-order valence-corrected chi connectivity index (χ1v) is 6.13. The molecule has 0 radical (unpaired) electrons. The third-order valence-electron chi connectivity index (χ3n) is 3.52. The van der Waals surface area contributed by atoms with Crippen molar-refractivity contribution in [2.75, 3.05) is 13.1 Å². The number of carbonyl (C=O) groups is 2. The van der Waals surface area contributed by atoms with Gasteiger partial charge >= 0.3 is 5.97 Å². The molecule has 2 rings (SSSR count). The number of carboxylic acids is 1. The van der Waals surface area contributed by atoms with E-state index >= 15 is 0 Å². The van der Waals surface area contributed by atoms with Gasteiger partial charge in [0.15, 0.2) is 0 Å². The fourth-order valence-electron chi connectivity index (χ4n) is 2.18. The SMILES string of the molecule is Cc1cccnc1CC(=O)N1CCC(N)(C(=O)O)C1. The molecule has 1 fully saturated rings. The lowest BCUT2D eigenvalue weighted by Crippen LogP contribution is -2.50. The van der Waals surface area contributed by atoms with E-state index in [1.807, 2.05) is 19.1 Å². The van der Waals surface area contributed by atoms with Gasteiger partial charge in [0.25, 0.3) is 0 Å². The Balaban J connectivity index is 2.03. The zero-order valence-electron chi connectivity index (χ0n) is 10.8. The highest BCUT2D eigenvalue weighted by atomic mass is 16.4. The number of carboxylic acid groups (broad SMARTS) is 1. The van der Waals surface area contributed by atoms with E-state index in [1.165, 1.54) is 4.90 Å². The summed E-state index contributed by atoms with van der Waals surface area (Å²) in [5.74, 6) is -1.19. The van der Waals surface area contributed by atoms with Gasteiger partial charge in [-0.3, -0.25) is 14.6 Å². The largest absolute Gasteiger partial charge is 0.480 e. The van der Waals surface area contributed by atoms with E-state index in [0.717, 1.165) is 11.3 Å². The highest BCUT2D eigenvalue weighted by Crippen LogP contribution is 2.20. The highest BCUT2D eigenvalue weighted by Gasteiger charge is 2.42. The number of likely N-dealkylation sites (tertiary alicyclic amines) is 1. The maximum absolute atomic E-state index is 12.1. The molecular weight excluding hydrogens is 246 g/mol. The van der Waals surface area contributed by atoms with Crippen molar-refractivity contribution in [3.8, 4) is 0 Å². The van der Waals surface area contributed by atoms with Crippen LogP contribution in [0.4, 0.5) is 0 Å². The average Bonchev–Trinajstić information content (AvgIpc) is 2.76. The number of aliphatic carboxylic acids is 1. The van der Waals surface area contributed by atoms with E-state index in [9.17, 15) is 9.59 Å². The summed E-state index contributed by atoms with van der Waals surface area (Å²) >= 11 is 0. The normalized spacial score (nSPS) is 22.5. The molecule has 0 saturated carbocycles. The van der Waals surface area contributed by atoms with Gasteiger partial charge in [-0.25, -0.2) is 0 Å². The quantitative estimate of drug-likeness (QED) is 0.796. The minimum atomic E-state index is -1.31. The second-order valence-electron chi connectivity index (χ2n) is 4.97. The summed E-state index contributed by atoms with van der Waals surface area (Å²) in [7, 11) is 0. The fraction of sp³-hybridized carbons (Fsp3) is 0.462. The highest BCUT2D eigenvalue weighted by molar-refractivity contribution is 5.84. The first-order valence-electron chi connectivity index (χ1n) is 6.13. The second-order valence-corrected chi connectivity index (χ2v) is 4.97. The van der Waals surface area contributed by atoms with Crippen molar-refractivity contribution in [1.82, 2.24) is 9.88 Å². The summed E-state index contributed by atoms with van der Waals surface area (Å²) in [5.41, 5.74) is 6.10. The van der Waals surface area contributed by atoms with Gasteiger partial charge in [-0.2, -0.15) is 0 Å². The summed E-state index contributed by atoms with van der Waals surface area (Å²) in [6.07, 6.45) is 2.11. The van der Waals surface area contributed by atoms with Crippen molar-refractivity contribution >= 4 is 11.9 Å². The molecule has 1 aromatic rings. The van der Waals surface area contributed by atoms with E-state index in [0.29, 0.717) is 6.54 Å². The van der Waals surface area contributed by atoms with Gasteiger partial charge in [-0.05, 0) is 25.0 Å². The maximum Gasteiger partial charge on any atom is 0.325 e. The van der Waals surface area contributed by atoms with Gasteiger partial charge in [0.05, 0.1) is 12.1 Å². The van der Waals surface area contributed by atoms with Crippen LogP contribution in [0.3, 0.4) is 0 Å². The Bertz CT molecular complexity index is 518. The first-order chi connectivity index (χ1) is 8.92. The Morgan fingerprint density at radius 2 is 2.32 bits per heavy atom. The molecule has 0 bridgehead atoms. The number of amides is 1. The summed E-state index contributed by atoms with van der Waals surface area (Å²) in [6, 6.07) is 3.71. The average molecular weight is 263 g/mol. The second kappa shape index (κ2) is 4.97. The predicted molar refractivity (Wildman–Crippen MR) is 68.4 cm³/mol. The van der Waals surface area contributed by atoms with E-state index in [-0.39, 0.29) is 25.3 Å². The third kappa shape index (κ3) is 2.73. The molecule has 0 aromatic carbocycles. The Hall–Kier alpha value is -1.95. The molecular formula is C13H17N3O3. The predicted octanol–water partition coefficient (Wildman–Crippen LogP) is -0.0531. The number of rotatable bonds is 3. The number of pyridine rings is 1.